The summed E-state index contributed by atoms with van der Waals surface area (Å²) in [5.41, 5.74) is 4.84. The van der Waals surface area contributed by atoms with Gasteiger partial charge in [0.2, 0.25) is 0 Å². The molecule has 2 atom stereocenters. The van der Waals surface area contributed by atoms with Crippen LogP contribution in [0.3, 0.4) is 0 Å². The van der Waals surface area contributed by atoms with Gasteiger partial charge in [0, 0.05) is 12.5 Å². The van der Waals surface area contributed by atoms with Crippen LogP contribution in [0.4, 0.5) is 0 Å². The van der Waals surface area contributed by atoms with E-state index in [9.17, 15) is 5.11 Å². The van der Waals surface area contributed by atoms with Gasteiger partial charge in [-0.3, -0.25) is 0 Å². The van der Waals surface area contributed by atoms with Gasteiger partial charge in [-0.05, 0) is 19.8 Å². The predicted molar refractivity (Wildman–Crippen MR) is 40.2 cm³/mol. The zero-order valence-corrected chi connectivity index (χ0v) is 6.22. The maximum atomic E-state index is 9.61. The van der Waals surface area contributed by atoms with E-state index in [0.29, 0.717) is 6.42 Å². The van der Waals surface area contributed by atoms with Crippen molar-refractivity contribution in [2.75, 3.05) is 0 Å². The van der Waals surface area contributed by atoms with E-state index < -0.39 is 5.60 Å². The molecule has 2 unspecified atom stereocenters. The van der Waals surface area contributed by atoms with Crippen molar-refractivity contribution >= 4 is 0 Å². The molecule has 1 saturated carbocycles. The van der Waals surface area contributed by atoms with Gasteiger partial charge in [-0.25, -0.2) is 0 Å². The average Bonchev–Trinajstić information content (AvgIpc) is 2.12. The molecule has 1 fully saturated rings. The molecular weight excluding hydrogens is 126 g/mol. The molecule has 1 aliphatic carbocycles. The van der Waals surface area contributed by atoms with Crippen LogP contribution in [-0.4, -0.2) is 16.7 Å². The smallest absolute Gasteiger partial charge is 0.127 e. The topological polar surface area (TPSA) is 46.2 Å². The number of aliphatic hydroxyl groups is 1. The molecule has 3 N–H and O–H groups in total. The van der Waals surface area contributed by atoms with Gasteiger partial charge in [-0.1, -0.05) is 5.92 Å². The molecule has 2 nitrogen and oxygen atoms in total. The SMILES string of the molecule is CC#CC1(O)CCC(N)C1. The number of nitrogens with two attached hydrogens (primary N) is 1. The summed E-state index contributed by atoms with van der Waals surface area (Å²) in [6.07, 6.45) is 2.26. The van der Waals surface area contributed by atoms with Crippen molar-refractivity contribution in [2.45, 2.75) is 37.8 Å². The van der Waals surface area contributed by atoms with Gasteiger partial charge in [-0.2, -0.15) is 0 Å². The molecule has 0 saturated heterocycles. The fourth-order valence-corrected chi connectivity index (χ4v) is 1.41. The van der Waals surface area contributed by atoms with Crippen molar-refractivity contribution in [3.8, 4) is 11.8 Å². The Labute approximate surface area is 61.4 Å². The first kappa shape index (κ1) is 7.59. The lowest BCUT2D eigenvalue weighted by molar-refractivity contribution is 0.108. The minimum atomic E-state index is -0.770. The Morgan fingerprint density at radius 3 is 2.80 bits per heavy atom. The van der Waals surface area contributed by atoms with Gasteiger partial charge < -0.3 is 10.8 Å². The third-order valence-corrected chi connectivity index (χ3v) is 1.89. The highest BCUT2D eigenvalue weighted by atomic mass is 16.3. The molecule has 10 heavy (non-hydrogen) atoms. The summed E-state index contributed by atoms with van der Waals surface area (Å²) >= 11 is 0. The lowest BCUT2D eigenvalue weighted by Crippen LogP contribution is -2.25. The summed E-state index contributed by atoms with van der Waals surface area (Å²) < 4.78 is 0. The molecule has 0 radical (unpaired) electrons. The zero-order valence-electron chi connectivity index (χ0n) is 6.22. The van der Waals surface area contributed by atoms with Crippen LogP contribution in [0.2, 0.25) is 0 Å². The molecule has 0 aliphatic heterocycles. The first-order valence-electron chi connectivity index (χ1n) is 3.58. The van der Waals surface area contributed by atoms with Gasteiger partial charge in [0.15, 0.2) is 0 Å². The Morgan fingerprint density at radius 2 is 2.40 bits per heavy atom. The maximum Gasteiger partial charge on any atom is 0.127 e. The Bertz CT molecular complexity index is 179. The number of hydrogen-bond acceptors (Lipinski definition) is 2. The molecule has 1 aliphatic rings. The number of rotatable bonds is 0. The van der Waals surface area contributed by atoms with Gasteiger partial charge in [0.1, 0.15) is 5.60 Å². The normalized spacial score (nSPS) is 38.9. The maximum absolute atomic E-state index is 9.61. The van der Waals surface area contributed by atoms with E-state index in [1.807, 2.05) is 0 Å². The summed E-state index contributed by atoms with van der Waals surface area (Å²) in [5.74, 6) is 5.49. The zero-order chi connectivity index (χ0) is 7.61. The van der Waals surface area contributed by atoms with E-state index in [4.69, 9.17) is 5.73 Å². The van der Waals surface area contributed by atoms with Gasteiger partial charge in [0.25, 0.3) is 0 Å². The molecule has 56 valence electrons. The monoisotopic (exact) mass is 139 g/mol. The van der Waals surface area contributed by atoms with Crippen LogP contribution in [0.5, 0.6) is 0 Å². The van der Waals surface area contributed by atoms with Crippen molar-refractivity contribution < 1.29 is 5.11 Å². The van der Waals surface area contributed by atoms with Crippen LogP contribution in [0, 0.1) is 11.8 Å². The summed E-state index contributed by atoms with van der Waals surface area (Å²) in [5, 5.41) is 9.61. The fourth-order valence-electron chi connectivity index (χ4n) is 1.41. The molecule has 1 rings (SSSR count). The fraction of sp³-hybridized carbons (Fsp3) is 0.750. The molecule has 0 heterocycles. The Kier molecular flexibility index (Phi) is 1.98. The second-order valence-corrected chi connectivity index (χ2v) is 2.91. The minimum Gasteiger partial charge on any atom is -0.378 e. The van der Waals surface area contributed by atoms with Crippen LogP contribution < -0.4 is 5.73 Å². The van der Waals surface area contributed by atoms with Crippen LogP contribution in [0.1, 0.15) is 26.2 Å². The van der Waals surface area contributed by atoms with Crippen molar-refractivity contribution in [3.05, 3.63) is 0 Å². The Balaban J connectivity index is 2.60. The molecular formula is C8H13NO. The van der Waals surface area contributed by atoms with E-state index in [1.165, 1.54) is 0 Å². The van der Waals surface area contributed by atoms with E-state index in [2.05, 4.69) is 11.8 Å². The van der Waals surface area contributed by atoms with Crippen LogP contribution in [-0.2, 0) is 0 Å². The molecule has 0 bridgehead atoms. The second kappa shape index (κ2) is 2.61. The molecule has 0 amide bonds. The first-order chi connectivity index (χ1) is 4.66. The van der Waals surface area contributed by atoms with Crippen LogP contribution in [0.25, 0.3) is 0 Å². The molecule has 2 heteroatoms. The first-order valence-corrected chi connectivity index (χ1v) is 3.58. The largest absolute Gasteiger partial charge is 0.378 e. The van der Waals surface area contributed by atoms with Gasteiger partial charge in [-0.15, -0.1) is 5.92 Å². The highest BCUT2D eigenvalue weighted by Crippen LogP contribution is 2.27. The van der Waals surface area contributed by atoms with E-state index >= 15 is 0 Å². The summed E-state index contributed by atoms with van der Waals surface area (Å²) in [6.45, 7) is 1.74. The highest BCUT2D eigenvalue weighted by Gasteiger charge is 2.33. The van der Waals surface area contributed by atoms with E-state index in [-0.39, 0.29) is 6.04 Å². The molecule has 0 aromatic heterocycles. The van der Waals surface area contributed by atoms with Crippen molar-refractivity contribution in [1.29, 1.82) is 0 Å². The standard InChI is InChI=1S/C8H13NO/c1-2-4-8(10)5-3-7(9)6-8/h7,10H,3,5-6,9H2,1H3. The molecule has 0 aromatic rings. The second-order valence-electron chi connectivity index (χ2n) is 2.91. The molecule has 0 aromatic carbocycles. The quantitative estimate of drug-likeness (QED) is 0.473. The average molecular weight is 139 g/mol. The summed E-state index contributed by atoms with van der Waals surface area (Å²) in [4.78, 5) is 0. The third kappa shape index (κ3) is 1.50. The minimum absolute atomic E-state index is 0.144. The number of hydrogen-bond donors (Lipinski definition) is 2. The van der Waals surface area contributed by atoms with Crippen molar-refractivity contribution in [1.82, 2.24) is 0 Å². The Hall–Kier alpha value is -0.520. The van der Waals surface area contributed by atoms with E-state index in [1.54, 1.807) is 6.92 Å². The summed E-state index contributed by atoms with van der Waals surface area (Å²) in [7, 11) is 0. The summed E-state index contributed by atoms with van der Waals surface area (Å²) in [6, 6.07) is 0.144. The van der Waals surface area contributed by atoms with E-state index in [0.717, 1.165) is 12.8 Å². The third-order valence-electron chi connectivity index (χ3n) is 1.89. The highest BCUT2D eigenvalue weighted by molar-refractivity contribution is 5.15. The lowest BCUT2D eigenvalue weighted by atomic mass is 10.0. The van der Waals surface area contributed by atoms with Gasteiger partial charge >= 0.3 is 0 Å². The van der Waals surface area contributed by atoms with Crippen LogP contribution >= 0.6 is 0 Å². The molecule has 0 spiro atoms. The lowest BCUT2D eigenvalue weighted by Gasteiger charge is -2.13. The Morgan fingerprint density at radius 1 is 1.70 bits per heavy atom. The predicted octanol–water partition coefficient (Wildman–Crippen LogP) is 0.252. The van der Waals surface area contributed by atoms with Crippen LogP contribution in [0.15, 0.2) is 0 Å². The van der Waals surface area contributed by atoms with Crippen molar-refractivity contribution in [2.24, 2.45) is 5.73 Å². The van der Waals surface area contributed by atoms with Crippen molar-refractivity contribution in [3.63, 3.8) is 0 Å². The van der Waals surface area contributed by atoms with Gasteiger partial charge in [0.05, 0.1) is 0 Å².